The van der Waals surface area contributed by atoms with Gasteiger partial charge in [-0.15, -0.1) is 0 Å². The summed E-state index contributed by atoms with van der Waals surface area (Å²) >= 11 is 17.6. The lowest BCUT2D eigenvalue weighted by Crippen LogP contribution is -2.14. The zero-order chi connectivity index (χ0) is 15.6. The highest BCUT2D eigenvalue weighted by atomic mass is 35.5. The number of hydrogen-bond donors (Lipinski definition) is 1. The van der Waals surface area contributed by atoms with E-state index in [1.807, 2.05) is 0 Å². The summed E-state index contributed by atoms with van der Waals surface area (Å²) in [6.45, 7) is 0. The van der Waals surface area contributed by atoms with Crippen LogP contribution in [0.25, 0.3) is 0 Å². The smallest absolute Gasteiger partial charge is 0.282 e. The number of benzene rings is 2. The lowest BCUT2D eigenvalue weighted by atomic mass is 10.1. The van der Waals surface area contributed by atoms with Crippen LogP contribution in [0, 0.1) is 10.1 Å². The summed E-state index contributed by atoms with van der Waals surface area (Å²) in [7, 11) is 0. The Bertz CT molecular complexity index is 714. The van der Waals surface area contributed by atoms with Crippen molar-refractivity contribution in [3.05, 3.63) is 67.1 Å². The van der Waals surface area contributed by atoms with Gasteiger partial charge in [0.1, 0.15) is 5.56 Å². The summed E-state index contributed by atoms with van der Waals surface area (Å²) in [4.78, 5) is 22.5. The molecule has 0 unspecified atom stereocenters. The zero-order valence-corrected chi connectivity index (χ0v) is 12.5. The number of para-hydroxylation sites is 1. The molecule has 0 fully saturated rings. The number of amides is 1. The zero-order valence-electron chi connectivity index (χ0n) is 10.3. The first kappa shape index (κ1) is 15.6. The number of nitrogens with zero attached hydrogens (tertiary/aromatic N) is 1. The molecular weight excluding hydrogens is 339 g/mol. The summed E-state index contributed by atoms with van der Waals surface area (Å²) < 4.78 is 0. The molecule has 1 N–H and O–H groups in total. The van der Waals surface area contributed by atoms with Crippen LogP contribution in [0.3, 0.4) is 0 Å². The maximum atomic E-state index is 12.2. The highest BCUT2D eigenvalue weighted by Crippen LogP contribution is 2.31. The van der Waals surface area contributed by atoms with Crippen LogP contribution in [0.4, 0.5) is 11.4 Å². The van der Waals surface area contributed by atoms with Gasteiger partial charge in [0.25, 0.3) is 11.6 Å². The van der Waals surface area contributed by atoms with Crippen LogP contribution in [0.1, 0.15) is 10.4 Å². The molecule has 21 heavy (non-hydrogen) atoms. The summed E-state index contributed by atoms with van der Waals surface area (Å²) in [5.74, 6) is -0.723. The number of nitro benzene ring substituents is 1. The maximum absolute atomic E-state index is 12.2. The van der Waals surface area contributed by atoms with Crippen molar-refractivity contribution in [3.8, 4) is 0 Å². The fraction of sp³-hybridized carbons (Fsp3) is 0. The van der Waals surface area contributed by atoms with E-state index >= 15 is 0 Å². The van der Waals surface area contributed by atoms with Crippen molar-refractivity contribution in [2.45, 2.75) is 0 Å². The Morgan fingerprint density at radius 1 is 1.10 bits per heavy atom. The SMILES string of the molecule is O=C(Nc1c(Cl)cccc1Cl)c1cc(Cl)ccc1[N+](=O)[O-]. The number of nitrogens with one attached hydrogen (secondary N) is 1. The molecular formula is C13H7Cl3N2O3. The second-order valence-electron chi connectivity index (χ2n) is 3.97. The van der Waals surface area contributed by atoms with Crippen LogP contribution in [0.15, 0.2) is 36.4 Å². The third-order valence-electron chi connectivity index (χ3n) is 2.60. The van der Waals surface area contributed by atoms with E-state index in [1.54, 1.807) is 6.07 Å². The Morgan fingerprint density at radius 3 is 2.29 bits per heavy atom. The quantitative estimate of drug-likeness (QED) is 0.641. The molecule has 2 aromatic rings. The third-order valence-corrected chi connectivity index (χ3v) is 3.47. The number of hydrogen-bond acceptors (Lipinski definition) is 3. The van der Waals surface area contributed by atoms with E-state index < -0.39 is 10.8 Å². The monoisotopic (exact) mass is 344 g/mol. The van der Waals surface area contributed by atoms with Gasteiger partial charge in [-0.3, -0.25) is 14.9 Å². The first-order valence-corrected chi connectivity index (χ1v) is 6.73. The summed E-state index contributed by atoms with van der Waals surface area (Å²) in [5.41, 5.74) is -0.358. The second-order valence-corrected chi connectivity index (χ2v) is 5.22. The van der Waals surface area contributed by atoms with Crippen molar-refractivity contribution in [1.29, 1.82) is 0 Å². The molecule has 0 aliphatic rings. The molecule has 0 bridgehead atoms. The van der Waals surface area contributed by atoms with Gasteiger partial charge in [-0.25, -0.2) is 0 Å². The predicted octanol–water partition coefficient (Wildman–Crippen LogP) is 4.81. The predicted molar refractivity (Wildman–Crippen MR) is 82.5 cm³/mol. The minimum absolute atomic E-state index is 0.177. The highest BCUT2D eigenvalue weighted by Gasteiger charge is 2.21. The average molecular weight is 346 g/mol. The van der Waals surface area contributed by atoms with E-state index in [0.717, 1.165) is 6.07 Å². The first-order chi connectivity index (χ1) is 9.90. The minimum atomic E-state index is -0.723. The molecule has 0 radical (unpaired) electrons. The van der Waals surface area contributed by atoms with Gasteiger partial charge < -0.3 is 5.32 Å². The summed E-state index contributed by atoms with van der Waals surface area (Å²) in [6.07, 6.45) is 0. The molecule has 5 nitrogen and oxygen atoms in total. The number of halogens is 3. The van der Waals surface area contributed by atoms with Crippen molar-refractivity contribution in [2.24, 2.45) is 0 Å². The van der Waals surface area contributed by atoms with Crippen LogP contribution in [-0.2, 0) is 0 Å². The van der Waals surface area contributed by atoms with Gasteiger partial charge in [-0.1, -0.05) is 40.9 Å². The fourth-order valence-corrected chi connectivity index (χ4v) is 2.31. The highest BCUT2D eigenvalue weighted by molar-refractivity contribution is 6.40. The number of carbonyl (C=O) groups excluding carboxylic acids is 1. The molecule has 108 valence electrons. The molecule has 8 heteroatoms. The molecule has 2 rings (SSSR count). The maximum Gasteiger partial charge on any atom is 0.282 e. The van der Waals surface area contributed by atoms with E-state index in [9.17, 15) is 14.9 Å². The topological polar surface area (TPSA) is 72.2 Å². The molecule has 0 aliphatic carbocycles. The van der Waals surface area contributed by atoms with Crippen molar-refractivity contribution in [1.82, 2.24) is 0 Å². The van der Waals surface area contributed by atoms with Gasteiger partial charge >= 0.3 is 0 Å². The van der Waals surface area contributed by atoms with Crippen molar-refractivity contribution in [3.63, 3.8) is 0 Å². The van der Waals surface area contributed by atoms with Crippen molar-refractivity contribution in [2.75, 3.05) is 5.32 Å². The lowest BCUT2D eigenvalue weighted by molar-refractivity contribution is -0.385. The first-order valence-electron chi connectivity index (χ1n) is 5.59. The third kappa shape index (κ3) is 3.44. The average Bonchev–Trinajstić information content (AvgIpc) is 2.42. The minimum Gasteiger partial charge on any atom is -0.319 e. The molecule has 0 aliphatic heterocycles. The Labute approximate surface area is 134 Å². The molecule has 0 saturated carbocycles. The van der Waals surface area contributed by atoms with Crippen LogP contribution in [0.5, 0.6) is 0 Å². The molecule has 0 heterocycles. The fourth-order valence-electron chi connectivity index (χ4n) is 1.65. The largest absolute Gasteiger partial charge is 0.319 e. The number of carbonyl (C=O) groups is 1. The molecule has 0 saturated heterocycles. The van der Waals surface area contributed by atoms with Crippen LogP contribution in [-0.4, -0.2) is 10.8 Å². The molecule has 0 aromatic heterocycles. The van der Waals surface area contributed by atoms with E-state index in [0.29, 0.717) is 0 Å². The van der Waals surface area contributed by atoms with Crippen molar-refractivity contribution < 1.29 is 9.72 Å². The number of rotatable bonds is 3. The molecule has 0 atom stereocenters. The normalized spacial score (nSPS) is 10.2. The Balaban J connectivity index is 2.41. The van der Waals surface area contributed by atoms with Crippen molar-refractivity contribution >= 4 is 52.1 Å². The lowest BCUT2D eigenvalue weighted by Gasteiger charge is -2.09. The van der Waals surface area contributed by atoms with Crippen LogP contribution >= 0.6 is 34.8 Å². The number of nitro groups is 1. The molecule has 1 amide bonds. The van der Waals surface area contributed by atoms with E-state index in [1.165, 1.54) is 24.3 Å². The van der Waals surface area contributed by atoms with E-state index in [4.69, 9.17) is 34.8 Å². The Hall–Kier alpha value is -1.82. The molecule has 0 spiro atoms. The Morgan fingerprint density at radius 2 is 1.71 bits per heavy atom. The van der Waals surface area contributed by atoms with Gasteiger partial charge in [0.05, 0.1) is 20.7 Å². The van der Waals surface area contributed by atoms with E-state index in [-0.39, 0.29) is 32.0 Å². The summed E-state index contributed by atoms with van der Waals surface area (Å²) in [5, 5.41) is 14.1. The van der Waals surface area contributed by atoms with Gasteiger partial charge in [0.2, 0.25) is 0 Å². The van der Waals surface area contributed by atoms with Gasteiger partial charge in [0.15, 0.2) is 0 Å². The van der Waals surface area contributed by atoms with Crippen LogP contribution < -0.4 is 5.32 Å². The summed E-state index contributed by atoms with van der Waals surface area (Å²) in [6, 6.07) is 8.39. The Kier molecular flexibility index (Phi) is 4.67. The van der Waals surface area contributed by atoms with Gasteiger partial charge in [-0.2, -0.15) is 0 Å². The second kappa shape index (κ2) is 6.30. The van der Waals surface area contributed by atoms with Gasteiger partial charge in [-0.05, 0) is 24.3 Å². The number of anilines is 1. The van der Waals surface area contributed by atoms with E-state index in [2.05, 4.69) is 5.32 Å². The van der Waals surface area contributed by atoms with Crippen LogP contribution in [0.2, 0.25) is 15.1 Å². The molecule has 2 aromatic carbocycles. The van der Waals surface area contributed by atoms with Gasteiger partial charge in [0, 0.05) is 11.1 Å². The standard InChI is InChI=1S/C13H7Cl3N2O3/c14-7-4-5-11(18(20)21)8(6-7)13(19)17-12-9(15)2-1-3-10(12)16/h1-6H,(H,17,19).